The third kappa shape index (κ3) is 8.99. The van der Waals surface area contributed by atoms with Gasteiger partial charge in [-0.1, -0.05) is 36.4 Å². The van der Waals surface area contributed by atoms with E-state index < -0.39 is 11.6 Å². The molecule has 0 radical (unpaired) electrons. The smallest absolute Gasteiger partial charge is 0.161 e. The molecule has 8 nitrogen and oxygen atoms in total. The van der Waals surface area contributed by atoms with Crippen molar-refractivity contribution in [3.63, 3.8) is 0 Å². The molecule has 2 aromatic carbocycles. The van der Waals surface area contributed by atoms with Crippen LogP contribution < -0.4 is 26.8 Å². The van der Waals surface area contributed by atoms with Crippen molar-refractivity contribution in [2.24, 2.45) is 0 Å². The number of carbonyl (C=O) groups is 1. The number of quaternary nitrogens is 2. The molecule has 9 heteroatoms. The molecule has 0 aromatic heterocycles. The number of hydrogen-bond donors (Lipinski definition) is 3. The number of hydrogen-bond acceptors (Lipinski definition) is 6. The average Bonchev–Trinajstić information content (AvgIpc) is 2.89. The number of aliphatic hydroxyl groups excluding tert-OH is 2. The Labute approximate surface area is 258 Å². The summed E-state index contributed by atoms with van der Waals surface area (Å²) in [5.41, 5.74) is -1.81. The fourth-order valence-electron chi connectivity index (χ4n) is 4.85. The van der Waals surface area contributed by atoms with Gasteiger partial charge in [0, 0.05) is 11.1 Å². The highest BCUT2D eigenvalue weighted by Crippen LogP contribution is 2.46. The molecule has 0 unspecified atom stereocenters. The molecule has 0 spiro atoms. The van der Waals surface area contributed by atoms with Gasteiger partial charge in [0.25, 0.3) is 0 Å². The van der Waals surface area contributed by atoms with E-state index in [9.17, 15) is 15.0 Å². The van der Waals surface area contributed by atoms with Crippen LogP contribution in [0.5, 0.6) is 11.5 Å². The molecule has 0 amide bonds. The van der Waals surface area contributed by atoms with Crippen LogP contribution in [-0.2, 0) is 10.4 Å². The van der Waals surface area contributed by atoms with Crippen molar-refractivity contribution < 1.29 is 55.9 Å². The molecular weight excluding hydrogens is 588 g/mol. The molecule has 1 heterocycles. The van der Waals surface area contributed by atoms with Gasteiger partial charge in [0.05, 0.1) is 57.4 Å². The van der Waals surface area contributed by atoms with Gasteiger partial charge < -0.3 is 55.9 Å². The largest absolute Gasteiger partial charge is 1.00 e. The van der Waals surface area contributed by atoms with Crippen LogP contribution in [0, 0.1) is 0 Å². The van der Waals surface area contributed by atoms with Gasteiger partial charge in [0.2, 0.25) is 0 Å². The minimum Gasteiger partial charge on any atom is -1.00 e. The highest BCUT2D eigenvalue weighted by Gasteiger charge is 2.41. The van der Waals surface area contributed by atoms with Crippen LogP contribution >= 0.6 is 0 Å². The summed E-state index contributed by atoms with van der Waals surface area (Å²) in [6.07, 6.45) is 0. The second-order valence-electron chi connectivity index (χ2n) is 12.1. The van der Waals surface area contributed by atoms with E-state index >= 15 is 0 Å². The SMILES string of the molecule is CC(C)[N+](C)(CCO)C(C)C.CC(C)[N+](C)(CCO)C(C)C.O=C([O-])C1(O)c2ccccc2Oc2ccccc21.[Br-]. The van der Waals surface area contributed by atoms with Crippen LogP contribution in [0.25, 0.3) is 0 Å². The summed E-state index contributed by atoms with van der Waals surface area (Å²) in [5.74, 6) is -0.920. The van der Waals surface area contributed by atoms with Crippen LogP contribution in [0.3, 0.4) is 0 Å². The molecule has 0 aliphatic carbocycles. The Morgan fingerprint density at radius 1 is 0.732 bits per heavy atom. The Hall–Kier alpha value is -2.01. The summed E-state index contributed by atoms with van der Waals surface area (Å²) >= 11 is 0. The number of likely N-dealkylation sites (N-methyl/N-ethyl adjacent to an activating group) is 2. The highest BCUT2D eigenvalue weighted by molar-refractivity contribution is 5.85. The van der Waals surface area contributed by atoms with Crippen molar-refractivity contribution in [3.05, 3.63) is 59.7 Å². The maximum absolute atomic E-state index is 11.4. The van der Waals surface area contributed by atoms with Gasteiger partial charge in [-0.15, -0.1) is 0 Å². The first kappa shape index (κ1) is 39.0. The minimum absolute atomic E-state index is 0. The summed E-state index contributed by atoms with van der Waals surface area (Å²) in [5, 5.41) is 39.7. The Kier molecular flexibility index (Phi) is 15.8. The van der Waals surface area contributed by atoms with Gasteiger partial charge in [0.1, 0.15) is 24.6 Å². The van der Waals surface area contributed by atoms with Crippen molar-refractivity contribution in [1.29, 1.82) is 0 Å². The minimum atomic E-state index is -2.18. The summed E-state index contributed by atoms with van der Waals surface area (Å²) < 4.78 is 7.48. The number of aliphatic carboxylic acids is 1. The lowest BCUT2D eigenvalue weighted by Gasteiger charge is -2.42. The molecule has 234 valence electrons. The number of fused-ring (bicyclic) bond motifs is 2. The second-order valence-corrected chi connectivity index (χ2v) is 12.1. The first-order valence-corrected chi connectivity index (χ1v) is 14.3. The van der Waals surface area contributed by atoms with Gasteiger partial charge >= 0.3 is 0 Å². The van der Waals surface area contributed by atoms with Crippen molar-refractivity contribution in [1.82, 2.24) is 0 Å². The predicted molar refractivity (Wildman–Crippen MR) is 158 cm³/mol. The lowest BCUT2D eigenvalue weighted by Crippen LogP contribution is -3.00. The monoisotopic (exact) mass is 640 g/mol. The normalized spacial score (nSPS) is 13.7. The van der Waals surface area contributed by atoms with Crippen LogP contribution in [-0.4, -0.2) is 94.8 Å². The number of carboxylic acids is 1. The maximum atomic E-state index is 11.4. The third-order valence-corrected chi connectivity index (χ3v) is 8.95. The maximum Gasteiger partial charge on any atom is 0.161 e. The lowest BCUT2D eigenvalue weighted by molar-refractivity contribution is -0.949. The molecule has 0 saturated heterocycles. The zero-order valence-corrected chi connectivity index (χ0v) is 28.2. The van der Waals surface area contributed by atoms with E-state index in [1.54, 1.807) is 36.4 Å². The zero-order chi connectivity index (χ0) is 30.9. The first-order chi connectivity index (χ1) is 18.5. The van der Waals surface area contributed by atoms with Crippen molar-refractivity contribution in [2.45, 2.75) is 85.2 Å². The van der Waals surface area contributed by atoms with E-state index in [4.69, 9.17) is 14.9 Å². The fraction of sp³-hybridized carbons (Fsp3) is 0.594. The van der Waals surface area contributed by atoms with Crippen molar-refractivity contribution in [2.75, 3.05) is 40.4 Å². The molecule has 3 N–H and O–H groups in total. The number of rotatable bonds is 9. The molecule has 0 saturated carbocycles. The van der Waals surface area contributed by atoms with E-state index in [-0.39, 0.29) is 41.3 Å². The highest BCUT2D eigenvalue weighted by atomic mass is 79.9. The number of ether oxygens (including phenoxy) is 1. The Bertz CT molecular complexity index is 984. The number of nitrogens with zero attached hydrogens (tertiary/aromatic N) is 2. The van der Waals surface area contributed by atoms with Gasteiger partial charge in [-0.2, -0.15) is 0 Å². The van der Waals surface area contributed by atoms with Crippen LogP contribution in [0.1, 0.15) is 66.5 Å². The van der Waals surface area contributed by atoms with Gasteiger partial charge in [0.15, 0.2) is 5.60 Å². The Morgan fingerprint density at radius 3 is 1.24 bits per heavy atom. The van der Waals surface area contributed by atoms with Crippen molar-refractivity contribution in [3.8, 4) is 11.5 Å². The molecule has 0 atom stereocenters. The topological polar surface area (TPSA) is 110 Å². The molecule has 1 aliphatic rings. The number of halogens is 1. The number of aliphatic hydroxyl groups is 3. The van der Waals surface area contributed by atoms with Gasteiger partial charge in [-0.25, -0.2) is 0 Å². The molecule has 41 heavy (non-hydrogen) atoms. The van der Waals surface area contributed by atoms with Crippen LogP contribution in [0.4, 0.5) is 0 Å². The standard InChI is InChI=1S/C14H10O4.2C9H22NO.BrH/c15-13(16)14(17)9-5-1-3-7-11(9)18-12-8-4-2-6-10(12)14;2*1-8(2)10(5,6-7-11)9(3)4;/h1-8,17H,(H,15,16);2*8-9,11H,6-7H2,1-5H3;1H/q;2*+1;/p-2. The first-order valence-electron chi connectivity index (χ1n) is 14.3. The predicted octanol–water partition coefficient (Wildman–Crippen LogP) is 0.266. The number of para-hydroxylation sites is 2. The van der Waals surface area contributed by atoms with E-state index in [2.05, 4.69) is 69.5 Å². The Balaban J connectivity index is 0.000000614. The van der Waals surface area contributed by atoms with E-state index in [1.807, 2.05) is 0 Å². The second kappa shape index (κ2) is 16.6. The number of carbonyl (C=O) groups excluding carboxylic acids is 1. The summed E-state index contributed by atoms with van der Waals surface area (Å²) in [6.45, 7) is 19.9. The number of benzene rings is 2. The summed E-state index contributed by atoms with van der Waals surface area (Å²) in [6, 6.07) is 15.3. The molecule has 1 aliphatic heterocycles. The summed E-state index contributed by atoms with van der Waals surface area (Å²) in [7, 11) is 4.40. The fourth-order valence-corrected chi connectivity index (χ4v) is 4.85. The van der Waals surface area contributed by atoms with Gasteiger partial charge in [-0.3, -0.25) is 0 Å². The van der Waals surface area contributed by atoms with E-state index in [0.717, 1.165) is 22.1 Å². The molecule has 3 rings (SSSR count). The third-order valence-electron chi connectivity index (χ3n) is 8.95. The lowest BCUT2D eigenvalue weighted by atomic mass is 9.83. The average molecular weight is 642 g/mol. The zero-order valence-electron chi connectivity index (χ0n) is 26.6. The molecule has 2 aromatic rings. The Morgan fingerprint density at radius 2 is 1.02 bits per heavy atom. The molecule has 0 bridgehead atoms. The van der Waals surface area contributed by atoms with Crippen LogP contribution in [0.15, 0.2) is 48.5 Å². The molecule has 0 fully saturated rings. The van der Waals surface area contributed by atoms with Gasteiger partial charge in [-0.05, 0) is 67.5 Å². The quantitative estimate of drug-likeness (QED) is 0.340. The van der Waals surface area contributed by atoms with Crippen LogP contribution in [0.2, 0.25) is 0 Å². The number of carboxylic acid groups (broad SMARTS) is 1. The molecular formula is C32H53BrN2O6. The summed E-state index contributed by atoms with van der Waals surface area (Å²) in [4.78, 5) is 11.4. The van der Waals surface area contributed by atoms with E-state index in [1.165, 1.54) is 12.1 Å². The van der Waals surface area contributed by atoms with Crippen molar-refractivity contribution >= 4 is 5.97 Å². The van der Waals surface area contributed by atoms with E-state index in [0.29, 0.717) is 35.7 Å².